The number of hydrogen-bond donors (Lipinski definition) is 0. The normalized spacial score (nSPS) is 15.4. The lowest BCUT2D eigenvalue weighted by molar-refractivity contribution is -0.0258. The Labute approximate surface area is 191 Å². The summed E-state index contributed by atoms with van der Waals surface area (Å²) in [5.41, 5.74) is 0.296. The van der Waals surface area contributed by atoms with E-state index in [-0.39, 0.29) is 15.8 Å². The van der Waals surface area contributed by atoms with E-state index in [1.165, 1.54) is 26.3 Å². The number of nitrogens with zero attached hydrogens (tertiary/aromatic N) is 3. The minimum atomic E-state index is -3.97. The Kier molecular flexibility index (Phi) is 10.7. The first kappa shape index (κ1) is 26.0. The number of carbonyl (C=O) groups is 1. The molecule has 0 aliphatic carbocycles. The quantitative estimate of drug-likeness (QED) is 0.341. The Hall–Kier alpha value is -1.23. The number of hydrogen-bond acceptors (Lipinski definition) is 6. The molecule has 10 heteroatoms. The number of amides is 1. The molecule has 176 valence electrons. The van der Waals surface area contributed by atoms with Crippen molar-refractivity contribution < 1.29 is 22.8 Å². The van der Waals surface area contributed by atoms with E-state index < -0.39 is 10.0 Å². The highest BCUT2D eigenvalue weighted by atomic mass is 35.5. The first-order valence-corrected chi connectivity index (χ1v) is 12.5. The molecule has 31 heavy (non-hydrogen) atoms. The van der Waals surface area contributed by atoms with Gasteiger partial charge in [-0.3, -0.25) is 14.5 Å². The molecule has 0 radical (unpaired) electrons. The third-order valence-electron chi connectivity index (χ3n) is 5.41. The highest BCUT2D eigenvalue weighted by Gasteiger charge is 2.26. The molecule has 0 unspecified atom stereocenters. The second-order valence-electron chi connectivity index (χ2n) is 7.55. The molecule has 2 rings (SSSR count). The largest absolute Gasteiger partial charge is 0.379 e. The first-order valence-electron chi connectivity index (χ1n) is 10.7. The number of unbranched alkanes of at least 4 members (excludes halogenated alkanes) is 3. The van der Waals surface area contributed by atoms with Crippen LogP contribution in [0.25, 0.3) is 0 Å². The maximum Gasteiger partial charge on any atom is 0.266 e. The van der Waals surface area contributed by atoms with Crippen LogP contribution in [0.2, 0.25) is 5.02 Å². The molecular weight excluding hydrogens is 442 g/mol. The summed E-state index contributed by atoms with van der Waals surface area (Å²) in [5.74, 6) is -0.196. The summed E-state index contributed by atoms with van der Waals surface area (Å²) < 4.78 is 31.5. The van der Waals surface area contributed by atoms with Gasteiger partial charge in [-0.1, -0.05) is 42.3 Å². The molecule has 1 aromatic carbocycles. The van der Waals surface area contributed by atoms with Crippen LogP contribution in [0.4, 0.5) is 0 Å². The predicted octanol–water partition coefficient (Wildman–Crippen LogP) is 2.88. The Bertz CT molecular complexity index is 815. The molecule has 1 aliphatic rings. The highest BCUT2D eigenvalue weighted by Crippen LogP contribution is 2.26. The maximum absolute atomic E-state index is 13.3. The van der Waals surface area contributed by atoms with Gasteiger partial charge in [0.05, 0.1) is 25.3 Å². The van der Waals surface area contributed by atoms with Crippen molar-refractivity contribution in [2.75, 3.05) is 60.1 Å². The molecule has 1 saturated heterocycles. The van der Waals surface area contributed by atoms with Crippen LogP contribution in [-0.2, 0) is 19.6 Å². The van der Waals surface area contributed by atoms with Crippen molar-refractivity contribution in [3.05, 3.63) is 28.8 Å². The smallest absolute Gasteiger partial charge is 0.266 e. The summed E-state index contributed by atoms with van der Waals surface area (Å²) in [7, 11) is -1.43. The van der Waals surface area contributed by atoms with E-state index in [2.05, 4.69) is 11.8 Å². The van der Waals surface area contributed by atoms with E-state index in [4.69, 9.17) is 21.2 Å². The van der Waals surface area contributed by atoms with Crippen molar-refractivity contribution in [1.82, 2.24) is 14.3 Å². The van der Waals surface area contributed by atoms with Crippen LogP contribution in [0.3, 0.4) is 0 Å². The molecular formula is C21H34ClN3O5S. The molecule has 1 amide bonds. The summed E-state index contributed by atoms with van der Waals surface area (Å²) in [5, 5.41) is 0.0447. The number of benzene rings is 1. The van der Waals surface area contributed by atoms with E-state index in [1.54, 1.807) is 6.07 Å². The lowest BCUT2D eigenvalue weighted by atomic mass is 10.1. The van der Waals surface area contributed by atoms with Crippen molar-refractivity contribution in [1.29, 1.82) is 0 Å². The van der Waals surface area contributed by atoms with Gasteiger partial charge in [-0.05, 0) is 24.6 Å². The number of morpholine rings is 1. The van der Waals surface area contributed by atoms with E-state index in [9.17, 15) is 13.2 Å². The van der Waals surface area contributed by atoms with Crippen molar-refractivity contribution in [2.45, 2.75) is 37.5 Å². The molecule has 1 aromatic rings. The number of hydroxylamine groups is 1. The molecule has 1 aliphatic heterocycles. The van der Waals surface area contributed by atoms with Gasteiger partial charge >= 0.3 is 0 Å². The van der Waals surface area contributed by atoms with Crippen LogP contribution in [-0.4, -0.2) is 88.7 Å². The summed E-state index contributed by atoms with van der Waals surface area (Å²) in [6, 6.07) is 4.36. The van der Waals surface area contributed by atoms with E-state index in [0.29, 0.717) is 31.9 Å². The van der Waals surface area contributed by atoms with Crippen molar-refractivity contribution in [3.8, 4) is 0 Å². The molecule has 0 bridgehead atoms. The van der Waals surface area contributed by atoms with Crippen LogP contribution in [0.15, 0.2) is 23.1 Å². The van der Waals surface area contributed by atoms with Crippen LogP contribution in [0.1, 0.15) is 43.0 Å². The Morgan fingerprint density at radius 3 is 2.55 bits per heavy atom. The molecule has 0 atom stereocenters. The topological polar surface area (TPSA) is 79.4 Å². The Morgan fingerprint density at radius 2 is 1.90 bits per heavy atom. The summed E-state index contributed by atoms with van der Waals surface area (Å²) in [6.45, 7) is 7.22. The second kappa shape index (κ2) is 12.7. The monoisotopic (exact) mass is 475 g/mol. The number of sulfonamides is 1. The number of rotatable bonds is 12. The van der Waals surface area contributed by atoms with Gasteiger partial charge in [0.15, 0.2) is 0 Å². The fourth-order valence-corrected chi connectivity index (χ4v) is 4.86. The van der Waals surface area contributed by atoms with Crippen molar-refractivity contribution >= 4 is 27.5 Å². The fourth-order valence-electron chi connectivity index (χ4n) is 3.38. The summed E-state index contributed by atoms with van der Waals surface area (Å²) >= 11 is 6.14. The van der Waals surface area contributed by atoms with Crippen LogP contribution in [0, 0.1) is 0 Å². The molecule has 1 heterocycles. The molecule has 0 N–H and O–H groups in total. The second-order valence-corrected chi connectivity index (χ2v) is 9.86. The van der Waals surface area contributed by atoms with Crippen LogP contribution < -0.4 is 0 Å². The van der Waals surface area contributed by atoms with Crippen molar-refractivity contribution in [2.24, 2.45) is 0 Å². The van der Waals surface area contributed by atoms with E-state index in [1.807, 2.05) is 4.90 Å². The number of ether oxygens (including phenoxy) is 1. The lowest BCUT2D eigenvalue weighted by Gasteiger charge is -2.30. The molecule has 8 nitrogen and oxygen atoms in total. The lowest BCUT2D eigenvalue weighted by Crippen LogP contribution is -2.43. The minimum Gasteiger partial charge on any atom is -0.379 e. The SMILES string of the molecule is CCCCCCN(CCN1CCOCC1)C(=O)c1ccc(Cl)c(S(=O)(=O)N(C)OC)c1. The maximum atomic E-state index is 13.3. The fraction of sp³-hybridized carbons (Fsp3) is 0.667. The van der Waals surface area contributed by atoms with Crippen LogP contribution >= 0.6 is 11.6 Å². The highest BCUT2D eigenvalue weighted by molar-refractivity contribution is 7.89. The van der Waals surface area contributed by atoms with E-state index in [0.717, 1.165) is 49.8 Å². The molecule has 1 fully saturated rings. The van der Waals surface area contributed by atoms with Gasteiger partial charge in [-0.2, -0.15) is 0 Å². The standard InChI is InChI=1S/C21H34ClN3O5S/c1-4-5-6-7-10-25(12-11-24-13-15-30-16-14-24)21(26)18-8-9-19(22)20(17-18)31(27,28)23(2)29-3/h8-9,17H,4-7,10-16H2,1-3H3. The molecule has 0 spiro atoms. The van der Waals surface area contributed by atoms with Gasteiger partial charge in [-0.15, -0.1) is 0 Å². The average molecular weight is 476 g/mol. The van der Waals surface area contributed by atoms with Gasteiger partial charge in [-0.25, -0.2) is 8.42 Å². The summed E-state index contributed by atoms with van der Waals surface area (Å²) in [6.07, 6.45) is 4.20. The Balaban J connectivity index is 2.20. The van der Waals surface area contributed by atoms with Gasteiger partial charge in [0.2, 0.25) is 0 Å². The molecule has 0 aromatic heterocycles. The van der Waals surface area contributed by atoms with Gasteiger partial charge in [0, 0.05) is 45.3 Å². The zero-order valence-electron chi connectivity index (χ0n) is 18.7. The van der Waals surface area contributed by atoms with Crippen LogP contribution in [0.5, 0.6) is 0 Å². The predicted molar refractivity (Wildman–Crippen MR) is 121 cm³/mol. The third kappa shape index (κ3) is 7.40. The number of carbonyl (C=O) groups excluding carboxylic acids is 1. The van der Waals surface area contributed by atoms with Gasteiger partial charge in [0.25, 0.3) is 15.9 Å². The van der Waals surface area contributed by atoms with Gasteiger partial charge in [0.1, 0.15) is 4.90 Å². The average Bonchev–Trinajstić information content (AvgIpc) is 2.78. The van der Waals surface area contributed by atoms with Gasteiger partial charge < -0.3 is 9.64 Å². The third-order valence-corrected chi connectivity index (χ3v) is 7.57. The zero-order chi connectivity index (χ0) is 22.9. The first-order chi connectivity index (χ1) is 14.8. The Morgan fingerprint density at radius 1 is 1.19 bits per heavy atom. The minimum absolute atomic E-state index is 0.0447. The molecule has 0 saturated carbocycles. The zero-order valence-corrected chi connectivity index (χ0v) is 20.3. The number of halogens is 1. The summed E-state index contributed by atoms with van der Waals surface area (Å²) in [4.78, 5) is 22.1. The van der Waals surface area contributed by atoms with Crippen molar-refractivity contribution in [3.63, 3.8) is 0 Å². The van der Waals surface area contributed by atoms with E-state index >= 15 is 0 Å².